The molecule has 1 aliphatic carbocycles. The summed E-state index contributed by atoms with van der Waals surface area (Å²) in [6.07, 6.45) is 6.89. The standard InChI is InChI=1S/C19H32N2/c1-16(2)13-19(11-7-8-12-19)15-21-14-18(3,20)17-9-5-4-6-10-17/h4-6,9-10,16,21H,7-8,11-15,20H2,1-3H3. The molecule has 0 spiro atoms. The molecule has 0 saturated heterocycles. The van der Waals surface area contributed by atoms with Gasteiger partial charge in [-0.15, -0.1) is 0 Å². The Kier molecular flexibility index (Phi) is 5.45. The van der Waals surface area contributed by atoms with Gasteiger partial charge in [0.25, 0.3) is 0 Å². The quantitative estimate of drug-likeness (QED) is 0.794. The number of hydrogen-bond donors (Lipinski definition) is 2. The highest BCUT2D eigenvalue weighted by Crippen LogP contribution is 2.42. The molecule has 1 unspecified atom stereocenters. The highest BCUT2D eigenvalue weighted by Gasteiger charge is 2.34. The Morgan fingerprint density at radius 1 is 1.19 bits per heavy atom. The van der Waals surface area contributed by atoms with Gasteiger partial charge in [0, 0.05) is 13.1 Å². The molecule has 0 bridgehead atoms. The van der Waals surface area contributed by atoms with Crippen molar-refractivity contribution in [1.29, 1.82) is 0 Å². The van der Waals surface area contributed by atoms with Crippen molar-refractivity contribution in [2.75, 3.05) is 13.1 Å². The summed E-state index contributed by atoms with van der Waals surface area (Å²) in [5.41, 5.74) is 7.94. The summed E-state index contributed by atoms with van der Waals surface area (Å²) < 4.78 is 0. The van der Waals surface area contributed by atoms with Gasteiger partial charge in [0.2, 0.25) is 0 Å². The van der Waals surface area contributed by atoms with Crippen LogP contribution in [-0.2, 0) is 5.54 Å². The first kappa shape index (κ1) is 16.5. The van der Waals surface area contributed by atoms with Crippen LogP contribution in [0, 0.1) is 11.3 Å². The molecule has 2 nitrogen and oxygen atoms in total. The first-order chi connectivity index (χ1) is 9.94. The van der Waals surface area contributed by atoms with Crippen molar-refractivity contribution in [3.05, 3.63) is 35.9 Å². The third kappa shape index (κ3) is 4.55. The van der Waals surface area contributed by atoms with Gasteiger partial charge in [-0.1, -0.05) is 57.0 Å². The summed E-state index contributed by atoms with van der Waals surface area (Å²) in [7, 11) is 0. The topological polar surface area (TPSA) is 38.0 Å². The third-order valence-corrected chi connectivity index (χ3v) is 4.93. The summed E-state index contributed by atoms with van der Waals surface area (Å²) in [5, 5.41) is 3.69. The van der Waals surface area contributed by atoms with Crippen LogP contribution in [0.15, 0.2) is 30.3 Å². The van der Waals surface area contributed by atoms with Crippen molar-refractivity contribution < 1.29 is 0 Å². The maximum absolute atomic E-state index is 6.50. The highest BCUT2D eigenvalue weighted by atomic mass is 14.9. The fraction of sp³-hybridized carbons (Fsp3) is 0.684. The van der Waals surface area contributed by atoms with E-state index in [2.05, 4.69) is 50.4 Å². The summed E-state index contributed by atoms with van der Waals surface area (Å²) in [6, 6.07) is 10.4. The maximum atomic E-state index is 6.50. The molecule has 0 aromatic heterocycles. The number of benzene rings is 1. The molecule has 0 aliphatic heterocycles. The number of nitrogens with two attached hydrogens (primary N) is 1. The van der Waals surface area contributed by atoms with Crippen LogP contribution < -0.4 is 11.1 Å². The molecule has 0 amide bonds. The molecular formula is C19H32N2. The van der Waals surface area contributed by atoms with Gasteiger partial charge in [0.1, 0.15) is 0 Å². The average Bonchev–Trinajstić information content (AvgIpc) is 2.87. The Labute approximate surface area is 130 Å². The number of rotatable bonds is 7. The van der Waals surface area contributed by atoms with Crippen molar-refractivity contribution in [3.8, 4) is 0 Å². The van der Waals surface area contributed by atoms with E-state index in [9.17, 15) is 0 Å². The van der Waals surface area contributed by atoms with Gasteiger partial charge in [-0.05, 0) is 43.1 Å². The minimum absolute atomic E-state index is 0.293. The minimum Gasteiger partial charge on any atom is -0.321 e. The van der Waals surface area contributed by atoms with Crippen LogP contribution in [0.25, 0.3) is 0 Å². The van der Waals surface area contributed by atoms with E-state index in [1.54, 1.807) is 0 Å². The van der Waals surface area contributed by atoms with Gasteiger partial charge in [-0.25, -0.2) is 0 Å². The molecule has 1 aromatic rings. The van der Waals surface area contributed by atoms with E-state index in [1.807, 2.05) is 6.07 Å². The van der Waals surface area contributed by atoms with E-state index < -0.39 is 0 Å². The van der Waals surface area contributed by atoms with Gasteiger partial charge >= 0.3 is 0 Å². The van der Waals surface area contributed by atoms with Crippen molar-refractivity contribution in [3.63, 3.8) is 0 Å². The van der Waals surface area contributed by atoms with Crippen LogP contribution in [0.4, 0.5) is 0 Å². The zero-order valence-electron chi connectivity index (χ0n) is 14.0. The number of nitrogens with one attached hydrogen (secondary N) is 1. The second-order valence-corrected chi connectivity index (χ2v) is 7.69. The Morgan fingerprint density at radius 3 is 2.38 bits per heavy atom. The van der Waals surface area contributed by atoms with Gasteiger partial charge in [0.15, 0.2) is 0 Å². The lowest BCUT2D eigenvalue weighted by Gasteiger charge is -2.33. The molecule has 1 aromatic carbocycles. The SMILES string of the molecule is CC(C)CC1(CNCC(C)(N)c2ccccc2)CCCC1. The maximum Gasteiger partial charge on any atom is 0.0507 e. The molecule has 118 valence electrons. The first-order valence-corrected chi connectivity index (χ1v) is 8.49. The Hall–Kier alpha value is -0.860. The first-order valence-electron chi connectivity index (χ1n) is 8.49. The minimum atomic E-state index is -0.293. The highest BCUT2D eigenvalue weighted by molar-refractivity contribution is 5.23. The van der Waals surface area contributed by atoms with Crippen molar-refractivity contribution in [1.82, 2.24) is 5.32 Å². The predicted octanol–water partition coefficient (Wildman–Crippen LogP) is 4.06. The molecule has 0 heterocycles. The van der Waals surface area contributed by atoms with Gasteiger partial charge in [-0.3, -0.25) is 0 Å². The molecule has 0 radical (unpaired) electrons. The molecular weight excluding hydrogens is 256 g/mol. The van der Waals surface area contributed by atoms with Crippen molar-refractivity contribution in [2.45, 2.75) is 58.4 Å². The lowest BCUT2D eigenvalue weighted by Crippen LogP contribution is -2.46. The van der Waals surface area contributed by atoms with Crippen LogP contribution in [0.5, 0.6) is 0 Å². The van der Waals surface area contributed by atoms with E-state index in [1.165, 1.54) is 37.7 Å². The summed E-state index contributed by atoms with van der Waals surface area (Å²) in [4.78, 5) is 0. The van der Waals surface area contributed by atoms with Gasteiger partial charge in [-0.2, -0.15) is 0 Å². The normalized spacial score (nSPS) is 20.6. The van der Waals surface area contributed by atoms with Gasteiger partial charge in [0.05, 0.1) is 5.54 Å². The zero-order valence-corrected chi connectivity index (χ0v) is 14.0. The molecule has 21 heavy (non-hydrogen) atoms. The summed E-state index contributed by atoms with van der Waals surface area (Å²) in [6.45, 7) is 8.77. The van der Waals surface area contributed by atoms with Crippen LogP contribution in [0.2, 0.25) is 0 Å². The molecule has 3 N–H and O–H groups in total. The fourth-order valence-electron chi connectivity index (χ4n) is 3.95. The Bertz CT molecular complexity index is 416. The molecule has 1 atom stereocenters. The number of hydrogen-bond acceptors (Lipinski definition) is 2. The van der Waals surface area contributed by atoms with Crippen LogP contribution in [0.3, 0.4) is 0 Å². The van der Waals surface area contributed by atoms with E-state index in [-0.39, 0.29) is 5.54 Å². The molecule has 2 rings (SSSR count). The summed E-state index contributed by atoms with van der Waals surface area (Å²) in [5.74, 6) is 0.781. The van der Waals surface area contributed by atoms with Crippen LogP contribution in [0.1, 0.15) is 58.4 Å². The average molecular weight is 288 g/mol. The molecule has 2 heteroatoms. The third-order valence-electron chi connectivity index (χ3n) is 4.93. The molecule has 1 saturated carbocycles. The van der Waals surface area contributed by atoms with E-state index in [0.29, 0.717) is 5.41 Å². The molecule has 1 aliphatic rings. The Morgan fingerprint density at radius 2 is 1.81 bits per heavy atom. The Balaban J connectivity index is 1.90. The monoisotopic (exact) mass is 288 g/mol. The van der Waals surface area contributed by atoms with Crippen LogP contribution in [-0.4, -0.2) is 13.1 Å². The van der Waals surface area contributed by atoms with Gasteiger partial charge < -0.3 is 11.1 Å². The van der Waals surface area contributed by atoms with Crippen molar-refractivity contribution >= 4 is 0 Å². The lowest BCUT2D eigenvalue weighted by molar-refractivity contribution is 0.218. The smallest absolute Gasteiger partial charge is 0.0507 e. The molecule has 1 fully saturated rings. The second-order valence-electron chi connectivity index (χ2n) is 7.69. The summed E-state index contributed by atoms with van der Waals surface area (Å²) >= 11 is 0. The van der Waals surface area contributed by atoms with E-state index in [0.717, 1.165) is 19.0 Å². The largest absolute Gasteiger partial charge is 0.321 e. The van der Waals surface area contributed by atoms with Crippen molar-refractivity contribution in [2.24, 2.45) is 17.1 Å². The van der Waals surface area contributed by atoms with Crippen LogP contribution >= 0.6 is 0 Å². The fourth-order valence-corrected chi connectivity index (χ4v) is 3.95. The van der Waals surface area contributed by atoms with E-state index in [4.69, 9.17) is 5.73 Å². The second kappa shape index (κ2) is 6.93. The lowest BCUT2D eigenvalue weighted by atomic mass is 9.78. The predicted molar refractivity (Wildman–Crippen MR) is 91.2 cm³/mol. The van der Waals surface area contributed by atoms with E-state index >= 15 is 0 Å². The zero-order chi connectivity index (χ0) is 15.3.